The van der Waals surface area contributed by atoms with Gasteiger partial charge >= 0.3 is 0 Å². The van der Waals surface area contributed by atoms with Crippen LogP contribution in [0.2, 0.25) is 0 Å². The average Bonchev–Trinajstić information content (AvgIpc) is 2.59. The molecule has 0 aromatic carbocycles. The zero-order chi connectivity index (χ0) is 10.4. The lowest BCUT2D eigenvalue weighted by atomic mass is 10.4. The molecule has 0 aliphatic heterocycles. The third-order valence-corrected chi connectivity index (χ3v) is 2.34. The number of hydrogen-bond acceptors (Lipinski definition) is 3. The number of hydrogen-bond donors (Lipinski definition) is 2. The van der Waals surface area contributed by atoms with Crippen molar-refractivity contribution in [2.45, 2.75) is 6.42 Å². The second-order valence-electron chi connectivity index (χ2n) is 2.81. The third-order valence-electron chi connectivity index (χ3n) is 1.71. The lowest BCUT2D eigenvalue weighted by Crippen LogP contribution is -2.26. The van der Waals surface area contributed by atoms with Crippen LogP contribution in [0.3, 0.4) is 0 Å². The number of carbonyl (C=O) groups excluding carboxylic acids is 1. The summed E-state index contributed by atoms with van der Waals surface area (Å²) in [4.78, 5) is 11.4. The maximum atomic E-state index is 11.4. The Morgan fingerprint density at radius 2 is 2.27 bits per heavy atom. The smallest absolute Gasteiger partial charge is 0.288 e. The van der Waals surface area contributed by atoms with E-state index < -0.39 is 0 Å². The van der Waals surface area contributed by atoms with Gasteiger partial charge in [-0.3, -0.25) is 4.79 Å². The van der Waals surface area contributed by atoms with E-state index >= 15 is 0 Å². The van der Waals surface area contributed by atoms with Gasteiger partial charge in [0.2, 0.25) is 5.76 Å². The Morgan fingerprint density at radius 1 is 1.53 bits per heavy atom. The maximum Gasteiger partial charge on any atom is 0.288 e. The SMILES string of the molecule is CNCCCNC(=O)c1occc1Br.Cl. The predicted octanol–water partition coefficient (Wildman–Crippen LogP) is 1.80. The zero-order valence-electron chi connectivity index (χ0n) is 8.38. The highest BCUT2D eigenvalue weighted by Crippen LogP contribution is 2.16. The normalized spacial score (nSPS) is 9.47. The largest absolute Gasteiger partial charge is 0.458 e. The van der Waals surface area contributed by atoms with Crippen LogP contribution in [0.4, 0.5) is 0 Å². The van der Waals surface area contributed by atoms with Gasteiger partial charge in [0.25, 0.3) is 5.91 Å². The van der Waals surface area contributed by atoms with Gasteiger partial charge in [0.15, 0.2) is 0 Å². The molecule has 15 heavy (non-hydrogen) atoms. The molecule has 0 atom stereocenters. The van der Waals surface area contributed by atoms with Crippen LogP contribution < -0.4 is 10.6 Å². The number of carbonyl (C=O) groups is 1. The number of nitrogens with one attached hydrogen (secondary N) is 2. The van der Waals surface area contributed by atoms with Crippen LogP contribution in [0.1, 0.15) is 17.0 Å². The summed E-state index contributed by atoms with van der Waals surface area (Å²) in [7, 11) is 1.88. The summed E-state index contributed by atoms with van der Waals surface area (Å²) < 4.78 is 5.69. The Morgan fingerprint density at radius 3 is 2.80 bits per heavy atom. The van der Waals surface area contributed by atoms with E-state index in [1.807, 2.05) is 7.05 Å². The maximum absolute atomic E-state index is 11.4. The van der Waals surface area contributed by atoms with Gasteiger partial charge in [-0.25, -0.2) is 0 Å². The molecule has 1 amide bonds. The van der Waals surface area contributed by atoms with Crippen LogP contribution in [-0.4, -0.2) is 26.0 Å². The summed E-state index contributed by atoms with van der Waals surface area (Å²) in [5.41, 5.74) is 0. The first-order valence-corrected chi connectivity index (χ1v) is 5.21. The van der Waals surface area contributed by atoms with Gasteiger partial charge in [-0.05, 0) is 42.0 Å². The van der Waals surface area contributed by atoms with E-state index in [0.717, 1.165) is 13.0 Å². The fraction of sp³-hybridized carbons (Fsp3) is 0.444. The molecule has 0 aliphatic rings. The first-order valence-electron chi connectivity index (χ1n) is 4.41. The van der Waals surface area contributed by atoms with E-state index in [1.54, 1.807) is 6.07 Å². The highest BCUT2D eigenvalue weighted by atomic mass is 79.9. The van der Waals surface area contributed by atoms with Crippen LogP contribution in [-0.2, 0) is 0 Å². The number of rotatable bonds is 5. The summed E-state index contributed by atoms with van der Waals surface area (Å²) >= 11 is 3.22. The standard InChI is InChI=1S/C9H13BrN2O2.ClH/c1-11-4-2-5-12-9(13)8-7(10)3-6-14-8;/h3,6,11H,2,4-5H2,1H3,(H,12,13);1H. The molecule has 2 N–H and O–H groups in total. The first-order chi connectivity index (χ1) is 6.75. The fourth-order valence-electron chi connectivity index (χ4n) is 1.00. The second kappa shape index (κ2) is 7.73. The summed E-state index contributed by atoms with van der Waals surface area (Å²) in [5.74, 6) is 0.146. The van der Waals surface area contributed by atoms with Crippen molar-refractivity contribution in [2.75, 3.05) is 20.1 Å². The van der Waals surface area contributed by atoms with Gasteiger partial charge in [0.1, 0.15) is 0 Å². The Labute approximate surface area is 103 Å². The molecule has 6 heteroatoms. The van der Waals surface area contributed by atoms with Crippen molar-refractivity contribution >= 4 is 34.2 Å². The van der Waals surface area contributed by atoms with Gasteiger partial charge in [0, 0.05) is 6.54 Å². The lowest BCUT2D eigenvalue weighted by molar-refractivity contribution is 0.0924. The highest BCUT2D eigenvalue weighted by molar-refractivity contribution is 9.10. The molecule has 0 saturated heterocycles. The van der Waals surface area contributed by atoms with E-state index in [2.05, 4.69) is 26.6 Å². The Kier molecular flexibility index (Phi) is 7.46. The molecule has 0 radical (unpaired) electrons. The zero-order valence-corrected chi connectivity index (χ0v) is 10.8. The molecular weight excluding hydrogens is 283 g/mol. The molecule has 1 aromatic heterocycles. The van der Waals surface area contributed by atoms with Crippen molar-refractivity contribution in [1.82, 2.24) is 10.6 Å². The van der Waals surface area contributed by atoms with Gasteiger partial charge in [0.05, 0.1) is 10.7 Å². The molecule has 0 fully saturated rings. The van der Waals surface area contributed by atoms with E-state index in [4.69, 9.17) is 4.42 Å². The fourth-order valence-corrected chi connectivity index (χ4v) is 1.38. The van der Waals surface area contributed by atoms with E-state index in [9.17, 15) is 4.79 Å². The lowest BCUT2D eigenvalue weighted by Gasteiger charge is -2.02. The number of halogens is 2. The molecule has 1 heterocycles. The van der Waals surface area contributed by atoms with Gasteiger partial charge in [-0.15, -0.1) is 12.4 Å². The average molecular weight is 298 g/mol. The van der Waals surface area contributed by atoms with Crippen molar-refractivity contribution in [3.8, 4) is 0 Å². The van der Waals surface area contributed by atoms with Crippen molar-refractivity contribution in [3.63, 3.8) is 0 Å². The number of amides is 1. The van der Waals surface area contributed by atoms with Gasteiger partial charge < -0.3 is 15.1 Å². The summed E-state index contributed by atoms with van der Waals surface area (Å²) in [5, 5.41) is 5.76. The summed E-state index contributed by atoms with van der Waals surface area (Å²) in [6.45, 7) is 1.53. The van der Waals surface area contributed by atoms with Gasteiger partial charge in [-0.2, -0.15) is 0 Å². The minimum absolute atomic E-state index is 0. The Bertz CT molecular complexity index is 304. The van der Waals surface area contributed by atoms with E-state index in [-0.39, 0.29) is 18.3 Å². The molecule has 1 rings (SSSR count). The van der Waals surface area contributed by atoms with E-state index in [1.165, 1.54) is 6.26 Å². The van der Waals surface area contributed by atoms with E-state index in [0.29, 0.717) is 16.8 Å². The van der Waals surface area contributed by atoms with Crippen molar-refractivity contribution in [3.05, 3.63) is 22.6 Å². The monoisotopic (exact) mass is 296 g/mol. The molecule has 0 unspecified atom stereocenters. The summed E-state index contributed by atoms with van der Waals surface area (Å²) in [6.07, 6.45) is 2.38. The van der Waals surface area contributed by atoms with Crippen LogP contribution in [0.5, 0.6) is 0 Å². The van der Waals surface area contributed by atoms with Crippen molar-refractivity contribution < 1.29 is 9.21 Å². The molecule has 0 saturated carbocycles. The molecule has 0 aliphatic carbocycles. The third kappa shape index (κ3) is 4.68. The molecule has 86 valence electrons. The minimum Gasteiger partial charge on any atom is -0.458 e. The molecular formula is C9H14BrClN2O2. The van der Waals surface area contributed by atoms with Crippen LogP contribution >= 0.6 is 28.3 Å². The van der Waals surface area contributed by atoms with Crippen molar-refractivity contribution in [1.29, 1.82) is 0 Å². The minimum atomic E-state index is -0.182. The topological polar surface area (TPSA) is 54.3 Å². The Balaban J connectivity index is 0.00000196. The number of furan rings is 1. The van der Waals surface area contributed by atoms with Crippen LogP contribution in [0, 0.1) is 0 Å². The Hall–Kier alpha value is -0.520. The molecule has 1 aromatic rings. The molecule has 4 nitrogen and oxygen atoms in total. The first kappa shape index (κ1) is 14.5. The molecule has 0 spiro atoms. The second-order valence-corrected chi connectivity index (χ2v) is 3.67. The predicted molar refractivity (Wildman–Crippen MR) is 64.5 cm³/mol. The van der Waals surface area contributed by atoms with Crippen LogP contribution in [0.25, 0.3) is 0 Å². The quantitative estimate of drug-likeness (QED) is 0.815. The van der Waals surface area contributed by atoms with Crippen molar-refractivity contribution in [2.24, 2.45) is 0 Å². The molecule has 0 bridgehead atoms. The summed E-state index contributed by atoms with van der Waals surface area (Å²) in [6, 6.07) is 1.70. The highest BCUT2D eigenvalue weighted by Gasteiger charge is 2.12. The van der Waals surface area contributed by atoms with Gasteiger partial charge in [-0.1, -0.05) is 0 Å². The van der Waals surface area contributed by atoms with Crippen LogP contribution in [0.15, 0.2) is 21.2 Å².